The highest BCUT2D eigenvalue weighted by Crippen LogP contribution is 2.63. The summed E-state index contributed by atoms with van der Waals surface area (Å²) in [6, 6.07) is 56.9. The molecule has 0 N–H and O–H groups in total. The maximum absolute atomic E-state index is 4.88. The van der Waals surface area contributed by atoms with E-state index in [1.807, 2.05) is 28.9 Å². The molecular formula is C48H26N2S2. The van der Waals surface area contributed by atoms with E-state index in [2.05, 4.69) is 156 Å². The molecule has 0 bridgehead atoms. The molecule has 13 rings (SSSR count). The predicted molar refractivity (Wildman–Crippen MR) is 221 cm³/mol. The van der Waals surface area contributed by atoms with E-state index >= 15 is 0 Å². The number of para-hydroxylation sites is 1. The fourth-order valence-corrected chi connectivity index (χ4v) is 12.5. The number of thiophene rings is 2. The van der Waals surface area contributed by atoms with Gasteiger partial charge in [0.1, 0.15) is 4.83 Å². The van der Waals surface area contributed by atoms with Gasteiger partial charge in [-0.3, -0.25) is 0 Å². The van der Waals surface area contributed by atoms with E-state index in [1.165, 1.54) is 108 Å². The molecule has 0 fully saturated rings. The third-order valence-corrected chi connectivity index (χ3v) is 14.3. The predicted octanol–water partition coefficient (Wildman–Crippen LogP) is 13.3. The summed E-state index contributed by atoms with van der Waals surface area (Å²) in [5.41, 5.74) is 14.0. The SMILES string of the molecule is c1ccc2c(c1)-c1ccccc1C21c2ccccc2-c2ccc(-n3c4ccccc4c4c5c6cccnc6sc5c5sc6ccccc6c5c43)cc21. The van der Waals surface area contributed by atoms with Crippen LogP contribution in [0.25, 0.3) is 90.2 Å². The fourth-order valence-electron chi connectivity index (χ4n) is 10.0. The molecule has 0 radical (unpaired) electrons. The van der Waals surface area contributed by atoms with Crippen LogP contribution in [0.5, 0.6) is 0 Å². The van der Waals surface area contributed by atoms with Crippen molar-refractivity contribution in [1.29, 1.82) is 0 Å². The number of benzene rings is 7. The number of aromatic nitrogens is 2. The Hall–Kier alpha value is -6.07. The van der Waals surface area contributed by atoms with E-state index in [0.29, 0.717) is 0 Å². The molecule has 0 unspecified atom stereocenters. The zero-order valence-electron chi connectivity index (χ0n) is 27.7. The second-order valence-corrected chi connectivity index (χ2v) is 16.2. The molecule has 4 heteroatoms. The summed E-state index contributed by atoms with van der Waals surface area (Å²) in [4.78, 5) is 5.98. The highest BCUT2D eigenvalue weighted by molar-refractivity contribution is 7.33. The van der Waals surface area contributed by atoms with Gasteiger partial charge >= 0.3 is 0 Å². The third-order valence-electron chi connectivity index (χ3n) is 11.9. The van der Waals surface area contributed by atoms with Crippen LogP contribution in [0, 0.1) is 0 Å². The van der Waals surface area contributed by atoms with Crippen LogP contribution in [0.15, 0.2) is 158 Å². The van der Waals surface area contributed by atoms with Crippen LogP contribution in [-0.4, -0.2) is 9.55 Å². The number of fused-ring (bicyclic) bond motifs is 22. The average Bonchev–Trinajstić information content (AvgIpc) is 3.99. The molecule has 0 atom stereocenters. The lowest BCUT2D eigenvalue weighted by atomic mass is 9.70. The van der Waals surface area contributed by atoms with Crippen molar-refractivity contribution in [3.63, 3.8) is 0 Å². The quantitative estimate of drug-likeness (QED) is 0.167. The Balaban J connectivity index is 1.24. The van der Waals surface area contributed by atoms with Crippen molar-refractivity contribution in [2.24, 2.45) is 0 Å². The maximum atomic E-state index is 4.88. The van der Waals surface area contributed by atoms with Crippen molar-refractivity contribution in [2.75, 3.05) is 0 Å². The molecule has 0 saturated carbocycles. The van der Waals surface area contributed by atoms with Crippen molar-refractivity contribution >= 4 is 85.0 Å². The summed E-state index contributed by atoms with van der Waals surface area (Å²) in [7, 11) is 0. The van der Waals surface area contributed by atoms with Crippen LogP contribution in [0.1, 0.15) is 22.3 Å². The van der Waals surface area contributed by atoms with Crippen LogP contribution < -0.4 is 0 Å². The molecule has 0 saturated heterocycles. The molecule has 4 aromatic heterocycles. The number of rotatable bonds is 1. The molecular weight excluding hydrogens is 669 g/mol. The maximum Gasteiger partial charge on any atom is 0.124 e. The molecule has 52 heavy (non-hydrogen) atoms. The number of nitrogens with zero attached hydrogens (tertiary/aromatic N) is 2. The summed E-state index contributed by atoms with van der Waals surface area (Å²) in [6.45, 7) is 0. The van der Waals surface area contributed by atoms with Crippen molar-refractivity contribution in [3.05, 3.63) is 180 Å². The van der Waals surface area contributed by atoms with E-state index in [9.17, 15) is 0 Å². The van der Waals surface area contributed by atoms with Crippen molar-refractivity contribution in [3.8, 4) is 27.9 Å². The molecule has 0 amide bonds. The zero-order chi connectivity index (χ0) is 33.7. The van der Waals surface area contributed by atoms with Gasteiger partial charge in [-0.25, -0.2) is 4.98 Å². The summed E-state index contributed by atoms with van der Waals surface area (Å²) >= 11 is 3.75. The normalized spacial score (nSPS) is 13.9. The van der Waals surface area contributed by atoms with E-state index in [4.69, 9.17) is 4.98 Å². The summed E-state index contributed by atoms with van der Waals surface area (Å²) in [5.74, 6) is 0. The molecule has 2 nitrogen and oxygen atoms in total. The standard InChI is InChI=1S/C48H26N2S2/c1-6-18-35-28(12-1)29-13-2-7-19-36(29)48(35)37-20-8-3-14-30(37)31-24-23-27(26-38(31)48)50-39-21-9-4-15-32(39)41-42-34-17-11-25-49-47(34)52-45(42)46-43(44(41)50)33-16-5-10-22-40(33)51-46/h1-26H. The Labute approximate surface area is 306 Å². The first-order valence-electron chi connectivity index (χ1n) is 17.8. The fraction of sp³-hybridized carbons (Fsp3) is 0.0208. The summed E-state index contributed by atoms with van der Waals surface area (Å²) in [5, 5.41) is 7.79. The second kappa shape index (κ2) is 9.62. The van der Waals surface area contributed by atoms with Gasteiger partial charge in [-0.15, -0.1) is 22.7 Å². The smallest absolute Gasteiger partial charge is 0.124 e. The van der Waals surface area contributed by atoms with E-state index in [0.717, 1.165) is 4.83 Å². The number of pyridine rings is 1. The molecule has 7 aromatic carbocycles. The van der Waals surface area contributed by atoms with Crippen molar-refractivity contribution < 1.29 is 0 Å². The van der Waals surface area contributed by atoms with Crippen molar-refractivity contribution in [2.45, 2.75) is 5.41 Å². The van der Waals surface area contributed by atoms with Gasteiger partial charge in [-0.2, -0.15) is 0 Å². The zero-order valence-corrected chi connectivity index (χ0v) is 29.4. The lowest BCUT2D eigenvalue weighted by Gasteiger charge is -2.30. The van der Waals surface area contributed by atoms with Crippen LogP contribution in [0.4, 0.5) is 0 Å². The summed E-state index contributed by atoms with van der Waals surface area (Å²) in [6.07, 6.45) is 1.93. The molecule has 1 spiro atoms. The van der Waals surface area contributed by atoms with Crippen LogP contribution in [-0.2, 0) is 5.41 Å². The minimum atomic E-state index is -0.402. The Morgan fingerprint density at radius 3 is 1.81 bits per heavy atom. The van der Waals surface area contributed by atoms with Crippen LogP contribution in [0.3, 0.4) is 0 Å². The van der Waals surface area contributed by atoms with Gasteiger partial charge in [0.2, 0.25) is 0 Å². The van der Waals surface area contributed by atoms with E-state index in [-0.39, 0.29) is 0 Å². The molecule has 0 aliphatic heterocycles. The Bertz CT molecular complexity index is 3310. The van der Waals surface area contributed by atoms with Crippen LogP contribution in [0.2, 0.25) is 0 Å². The van der Waals surface area contributed by atoms with Gasteiger partial charge in [0, 0.05) is 48.9 Å². The Kier molecular flexibility index (Phi) is 5.11. The first-order valence-corrected chi connectivity index (χ1v) is 19.4. The van der Waals surface area contributed by atoms with Crippen molar-refractivity contribution in [1.82, 2.24) is 9.55 Å². The van der Waals surface area contributed by atoms with Crippen LogP contribution >= 0.6 is 22.7 Å². The lowest BCUT2D eigenvalue weighted by Crippen LogP contribution is -2.26. The van der Waals surface area contributed by atoms with E-state index in [1.54, 1.807) is 0 Å². The minimum Gasteiger partial charge on any atom is -0.309 e. The second-order valence-electron chi connectivity index (χ2n) is 14.2. The van der Waals surface area contributed by atoms with Gasteiger partial charge in [-0.05, 0) is 80.9 Å². The first-order chi connectivity index (χ1) is 25.8. The average molecular weight is 695 g/mol. The lowest BCUT2D eigenvalue weighted by molar-refractivity contribution is 0.792. The van der Waals surface area contributed by atoms with Gasteiger partial charge in [-0.1, -0.05) is 115 Å². The molecule has 2 aliphatic rings. The third kappa shape index (κ3) is 3.13. The molecule has 4 heterocycles. The van der Waals surface area contributed by atoms with Gasteiger partial charge in [0.05, 0.1) is 25.8 Å². The monoisotopic (exact) mass is 694 g/mol. The highest BCUT2D eigenvalue weighted by atomic mass is 32.1. The number of hydrogen-bond donors (Lipinski definition) is 0. The number of hydrogen-bond acceptors (Lipinski definition) is 3. The molecule has 2 aliphatic carbocycles. The topological polar surface area (TPSA) is 17.8 Å². The van der Waals surface area contributed by atoms with Gasteiger partial charge < -0.3 is 4.57 Å². The van der Waals surface area contributed by atoms with E-state index < -0.39 is 5.41 Å². The molecule has 240 valence electrons. The minimum absolute atomic E-state index is 0.402. The van der Waals surface area contributed by atoms with Gasteiger partial charge in [0.15, 0.2) is 0 Å². The Morgan fingerprint density at radius 1 is 0.462 bits per heavy atom. The Morgan fingerprint density at radius 2 is 1.06 bits per heavy atom. The highest BCUT2D eigenvalue weighted by Gasteiger charge is 2.51. The summed E-state index contributed by atoms with van der Waals surface area (Å²) < 4.78 is 6.58. The molecule has 11 aromatic rings. The first kappa shape index (κ1) is 27.6. The van der Waals surface area contributed by atoms with Gasteiger partial charge in [0.25, 0.3) is 0 Å². The largest absolute Gasteiger partial charge is 0.309 e.